The number of aromatic nitrogens is 4. The summed E-state index contributed by atoms with van der Waals surface area (Å²) in [5.41, 5.74) is -0.00210. The van der Waals surface area contributed by atoms with Crippen LogP contribution in [0.1, 0.15) is 25.3 Å². The van der Waals surface area contributed by atoms with E-state index in [1.807, 2.05) is 4.90 Å². The molecule has 0 saturated carbocycles. The van der Waals surface area contributed by atoms with E-state index in [0.29, 0.717) is 42.0 Å². The molecule has 0 bridgehead atoms. The van der Waals surface area contributed by atoms with E-state index < -0.39 is 12.0 Å². The zero-order chi connectivity index (χ0) is 18.5. The lowest BCUT2D eigenvalue weighted by atomic mass is 10.1. The van der Waals surface area contributed by atoms with Gasteiger partial charge in [-0.2, -0.15) is 15.1 Å². The first kappa shape index (κ1) is 17.1. The van der Waals surface area contributed by atoms with Gasteiger partial charge in [0.15, 0.2) is 5.65 Å². The summed E-state index contributed by atoms with van der Waals surface area (Å²) in [5, 5.41) is 15.2. The molecule has 1 aliphatic heterocycles. The lowest BCUT2D eigenvalue weighted by Gasteiger charge is -2.20. The predicted molar refractivity (Wildman–Crippen MR) is 94.1 cm³/mol. The largest absolute Gasteiger partial charge is 0.388 e. The monoisotopic (exact) mass is 379 g/mol. The third-order valence-corrected chi connectivity index (χ3v) is 4.67. The zero-order valence-electron chi connectivity index (χ0n) is 13.9. The van der Waals surface area contributed by atoms with E-state index in [9.17, 15) is 13.9 Å². The van der Waals surface area contributed by atoms with Crippen LogP contribution in [0.15, 0.2) is 30.5 Å². The molecule has 0 amide bonds. The molecular weight excluding hydrogens is 364 g/mol. The van der Waals surface area contributed by atoms with E-state index in [1.54, 1.807) is 25.3 Å². The number of aliphatic hydroxyl groups is 1. The Morgan fingerprint density at radius 2 is 2.12 bits per heavy atom. The number of β-amino-alcohol motifs (C(OH)–C–C–N with tert-alkyl or cyclic N) is 1. The van der Waals surface area contributed by atoms with E-state index in [0.717, 1.165) is 0 Å². The second-order valence-electron chi connectivity index (χ2n) is 6.67. The van der Waals surface area contributed by atoms with Crippen molar-refractivity contribution in [3.8, 4) is 5.69 Å². The summed E-state index contributed by atoms with van der Waals surface area (Å²) in [7, 11) is 0. The normalized spacial score (nSPS) is 20.5. The minimum atomic E-state index is -2.57. The van der Waals surface area contributed by atoms with Crippen molar-refractivity contribution in [1.82, 2.24) is 19.7 Å². The Hall–Kier alpha value is -2.32. The minimum Gasteiger partial charge on any atom is -0.388 e. The van der Waals surface area contributed by atoms with Gasteiger partial charge < -0.3 is 10.0 Å². The van der Waals surface area contributed by atoms with E-state index >= 15 is 0 Å². The standard InChI is InChI=1S/C17H16ClF2N5O/c1-17(26)5-6-24(9-17)14-12-8-21-25(15(12)23-16(18)22-14)11-4-2-3-10(7-11)13(19)20/h2-4,7-8,13,26H,5-6,9H2,1H3/t17-/m1/s1. The molecule has 0 aliphatic carbocycles. The maximum Gasteiger partial charge on any atom is 0.263 e. The van der Waals surface area contributed by atoms with Gasteiger partial charge in [0, 0.05) is 18.7 Å². The molecule has 6 nitrogen and oxygen atoms in total. The highest BCUT2D eigenvalue weighted by molar-refractivity contribution is 6.28. The molecule has 1 saturated heterocycles. The van der Waals surface area contributed by atoms with Crippen LogP contribution in [0.25, 0.3) is 16.7 Å². The summed E-state index contributed by atoms with van der Waals surface area (Å²) >= 11 is 6.10. The van der Waals surface area contributed by atoms with Gasteiger partial charge in [-0.1, -0.05) is 12.1 Å². The van der Waals surface area contributed by atoms with Crippen LogP contribution in [0, 0.1) is 0 Å². The van der Waals surface area contributed by atoms with Crippen LogP contribution in [-0.2, 0) is 0 Å². The summed E-state index contributed by atoms with van der Waals surface area (Å²) in [6.07, 6.45) is -0.374. The zero-order valence-corrected chi connectivity index (χ0v) is 14.7. The Kier molecular flexibility index (Phi) is 4.04. The molecule has 1 aromatic carbocycles. The van der Waals surface area contributed by atoms with E-state index in [2.05, 4.69) is 15.1 Å². The molecule has 0 unspecified atom stereocenters. The fraction of sp³-hybridized carbons (Fsp3) is 0.353. The number of hydrogen-bond donors (Lipinski definition) is 1. The lowest BCUT2D eigenvalue weighted by Crippen LogP contribution is -2.30. The number of halogens is 3. The predicted octanol–water partition coefficient (Wildman–Crippen LogP) is 3.37. The van der Waals surface area contributed by atoms with Gasteiger partial charge in [-0.3, -0.25) is 0 Å². The maximum atomic E-state index is 13.0. The molecule has 0 spiro atoms. The fourth-order valence-corrected chi connectivity index (χ4v) is 3.38. The van der Waals surface area contributed by atoms with Crippen LogP contribution >= 0.6 is 11.6 Å². The van der Waals surface area contributed by atoms with Gasteiger partial charge in [0.05, 0.1) is 22.9 Å². The Morgan fingerprint density at radius 3 is 2.81 bits per heavy atom. The lowest BCUT2D eigenvalue weighted by molar-refractivity contribution is 0.0839. The molecule has 26 heavy (non-hydrogen) atoms. The van der Waals surface area contributed by atoms with Gasteiger partial charge in [-0.15, -0.1) is 0 Å². The van der Waals surface area contributed by atoms with Gasteiger partial charge in [-0.25, -0.2) is 13.5 Å². The molecule has 136 valence electrons. The molecule has 2 aromatic heterocycles. The first-order valence-corrected chi connectivity index (χ1v) is 8.49. The fourth-order valence-electron chi connectivity index (χ4n) is 3.22. The Labute approximate surface area is 153 Å². The van der Waals surface area contributed by atoms with Crippen molar-refractivity contribution in [2.75, 3.05) is 18.0 Å². The van der Waals surface area contributed by atoms with Gasteiger partial charge in [-0.05, 0) is 37.1 Å². The molecule has 1 atom stereocenters. The van der Waals surface area contributed by atoms with E-state index in [4.69, 9.17) is 11.6 Å². The first-order valence-electron chi connectivity index (χ1n) is 8.11. The molecule has 3 heterocycles. The van der Waals surface area contributed by atoms with Crippen molar-refractivity contribution in [1.29, 1.82) is 0 Å². The molecule has 9 heteroatoms. The molecule has 1 N–H and O–H groups in total. The van der Waals surface area contributed by atoms with Crippen LogP contribution in [-0.4, -0.2) is 43.5 Å². The van der Waals surface area contributed by atoms with Crippen LogP contribution in [0.3, 0.4) is 0 Å². The molecular formula is C17H16ClF2N5O. The van der Waals surface area contributed by atoms with Crippen molar-refractivity contribution >= 4 is 28.5 Å². The molecule has 3 aromatic rings. The number of fused-ring (bicyclic) bond motifs is 1. The smallest absolute Gasteiger partial charge is 0.263 e. The third kappa shape index (κ3) is 2.99. The summed E-state index contributed by atoms with van der Waals surface area (Å²) in [6, 6.07) is 5.95. The number of alkyl halides is 2. The summed E-state index contributed by atoms with van der Waals surface area (Å²) in [4.78, 5) is 10.5. The first-order chi connectivity index (χ1) is 12.3. The van der Waals surface area contributed by atoms with Crippen LogP contribution < -0.4 is 4.90 Å². The Bertz CT molecular complexity index is 975. The molecule has 0 radical (unpaired) electrons. The second-order valence-corrected chi connectivity index (χ2v) is 7.01. The highest BCUT2D eigenvalue weighted by Gasteiger charge is 2.33. The number of rotatable bonds is 3. The minimum absolute atomic E-state index is 0.0332. The second kappa shape index (κ2) is 6.14. The van der Waals surface area contributed by atoms with Gasteiger partial charge >= 0.3 is 0 Å². The number of benzene rings is 1. The van der Waals surface area contributed by atoms with Crippen LogP contribution in [0.4, 0.5) is 14.6 Å². The topological polar surface area (TPSA) is 67.1 Å². The Balaban J connectivity index is 1.83. The molecule has 1 fully saturated rings. The quantitative estimate of drug-likeness (QED) is 0.707. The van der Waals surface area contributed by atoms with Crippen LogP contribution in [0.5, 0.6) is 0 Å². The summed E-state index contributed by atoms with van der Waals surface area (Å²) in [5.74, 6) is 0.578. The van der Waals surface area contributed by atoms with Crippen molar-refractivity contribution < 1.29 is 13.9 Å². The van der Waals surface area contributed by atoms with Gasteiger partial charge in [0.2, 0.25) is 5.28 Å². The maximum absolute atomic E-state index is 13.0. The summed E-state index contributed by atoms with van der Waals surface area (Å²) < 4.78 is 27.5. The number of hydrogen-bond acceptors (Lipinski definition) is 5. The van der Waals surface area contributed by atoms with E-state index in [-0.39, 0.29) is 10.8 Å². The van der Waals surface area contributed by atoms with Crippen molar-refractivity contribution in [2.24, 2.45) is 0 Å². The highest BCUT2D eigenvalue weighted by Crippen LogP contribution is 2.32. The average molecular weight is 380 g/mol. The number of anilines is 1. The third-order valence-electron chi connectivity index (χ3n) is 4.50. The molecule has 4 rings (SSSR count). The van der Waals surface area contributed by atoms with Crippen LogP contribution in [0.2, 0.25) is 5.28 Å². The highest BCUT2D eigenvalue weighted by atomic mass is 35.5. The summed E-state index contributed by atoms with van der Waals surface area (Å²) in [6.45, 7) is 2.81. The van der Waals surface area contributed by atoms with Gasteiger partial charge in [0.1, 0.15) is 5.82 Å². The van der Waals surface area contributed by atoms with Crippen molar-refractivity contribution in [3.63, 3.8) is 0 Å². The molecule has 1 aliphatic rings. The Morgan fingerprint density at radius 1 is 1.31 bits per heavy atom. The van der Waals surface area contributed by atoms with Crippen molar-refractivity contribution in [2.45, 2.75) is 25.4 Å². The SMILES string of the molecule is C[C@@]1(O)CCN(c2nc(Cl)nc3c2cnn3-c2cccc(C(F)F)c2)C1. The number of nitrogens with zero attached hydrogens (tertiary/aromatic N) is 5. The van der Waals surface area contributed by atoms with Gasteiger partial charge in [0.25, 0.3) is 6.43 Å². The van der Waals surface area contributed by atoms with Crippen molar-refractivity contribution in [3.05, 3.63) is 41.3 Å². The van der Waals surface area contributed by atoms with E-state index in [1.165, 1.54) is 16.8 Å². The average Bonchev–Trinajstić information content (AvgIpc) is 3.17.